The zero-order valence-electron chi connectivity index (χ0n) is 12.4. The van der Waals surface area contributed by atoms with Crippen LogP contribution in [-0.4, -0.2) is 51.6 Å². The molecule has 3 unspecified atom stereocenters. The van der Waals surface area contributed by atoms with E-state index in [4.69, 9.17) is 24.2 Å². The lowest BCUT2D eigenvalue weighted by molar-refractivity contribution is -0.0302. The lowest BCUT2D eigenvalue weighted by Crippen LogP contribution is -2.31. The lowest BCUT2D eigenvalue weighted by atomic mass is 9.99. The molecule has 0 spiro atoms. The summed E-state index contributed by atoms with van der Waals surface area (Å²) in [5, 5.41) is 0. The minimum absolute atomic E-state index is 0.0328. The van der Waals surface area contributed by atoms with Crippen LogP contribution < -0.4 is 0 Å². The molecule has 1 aliphatic heterocycles. The van der Waals surface area contributed by atoms with Crippen molar-refractivity contribution >= 4 is 23.5 Å². The first kappa shape index (κ1) is 21.4. The molecule has 12 nitrogen and oxygen atoms in total. The molecule has 1 fully saturated rings. The summed E-state index contributed by atoms with van der Waals surface area (Å²) in [6.45, 7) is 3.09. The lowest BCUT2D eigenvalue weighted by Gasteiger charge is -2.21. The number of phosphoric ester groups is 1. The highest BCUT2D eigenvalue weighted by Crippen LogP contribution is 2.66. The molecule has 138 valence electrons. The first-order valence-corrected chi connectivity index (χ1v) is 10.7. The van der Waals surface area contributed by atoms with Crippen LogP contribution in [-0.2, 0) is 36.3 Å². The normalized spacial score (nSPS) is 34.0. The molecule has 4 N–H and O–H groups in total. The maximum atomic E-state index is 11.6. The van der Waals surface area contributed by atoms with Crippen LogP contribution in [0.4, 0.5) is 0 Å². The summed E-state index contributed by atoms with van der Waals surface area (Å²) in [6, 6.07) is 0. The van der Waals surface area contributed by atoms with E-state index in [1.807, 2.05) is 6.92 Å². The predicted molar refractivity (Wildman–Crippen MR) is 74.1 cm³/mol. The summed E-state index contributed by atoms with van der Waals surface area (Å²) in [7, 11) is -14.7. The van der Waals surface area contributed by atoms with Gasteiger partial charge >= 0.3 is 23.5 Å². The molecular weight excluding hydrogens is 381 g/mol. The van der Waals surface area contributed by atoms with E-state index in [-0.39, 0.29) is 12.0 Å². The molecule has 1 saturated heterocycles. The second-order valence-corrected chi connectivity index (χ2v) is 9.25. The van der Waals surface area contributed by atoms with Gasteiger partial charge in [0.25, 0.3) is 0 Å². The number of hydrogen-bond donors (Lipinski definition) is 4. The molecule has 15 heteroatoms. The molecule has 0 aromatic rings. The third-order valence-electron chi connectivity index (χ3n) is 3.10. The SMILES string of the molecule is CO[C@@H]1C(C)[C@H](C)O[C@@H]1COP(=O)(O)OP(=O)(O)OP(=O)(O)O. The number of rotatable bonds is 8. The van der Waals surface area contributed by atoms with Crippen LogP contribution in [0.25, 0.3) is 0 Å². The van der Waals surface area contributed by atoms with Crippen molar-refractivity contribution in [2.24, 2.45) is 5.92 Å². The first-order chi connectivity index (χ1) is 10.3. The average Bonchev–Trinajstić information content (AvgIpc) is 2.57. The highest BCUT2D eigenvalue weighted by atomic mass is 31.3. The highest BCUT2D eigenvalue weighted by molar-refractivity contribution is 7.66. The number of hydrogen-bond acceptors (Lipinski definition) is 8. The van der Waals surface area contributed by atoms with E-state index in [1.165, 1.54) is 7.11 Å². The van der Waals surface area contributed by atoms with E-state index in [2.05, 4.69) is 13.1 Å². The molecule has 0 aliphatic carbocycles. The van der Waals surface area contributed by atoms with Gasteiger partial charge in [-0.1, -0.05) is 6.92 Å². The third kappa shape index (κ3) is 6.99. The summed E-state index contributed by atoms with van der Waals surface area (Å²) < 4.78 is 55.6. The molecule has 0 aromatic carbocycles. The standard InChI is InChI=1S/C8H19O12P3/c1-5-6(2)18-7(8(5)16-3)4-17-22(12,13)20-23(14,15)19-21(9,10)11/h5-8H,4H2,1-3H3,(H,12,13)(H,14,15)(H2,9,10,11)/t5?,6-,7+,8+/m0/s1. The Morgan fingerprint density at radius 1 is 1.00 bits per heavy atom. The summed E-state index contributed by atoms with van der Waals surface area (Å²) in [6.07, 6.45) is -1.40. The van der Waals surface area contributed by atoms with Crippen molar-refractivity contribution in [2.75, 3.05) is 13.7 Å². The van der Waals surface area contributed by atoms with Gasteiger partial charge in [-0.2, -0.15) is 8.62 Å². The van der Waals surface area contributed by atoms with Gasteiger partial charge in [-0.25, -0.2) is 13.7 Å². The number of phosphoric acid groups is 3. The Kier molecular flexibility index (Phi) is 7.15. The fraction of sp³-hybridized carbons (Fsp3) is 1.00. The number of ether oxygens (including phenoxy) is 2. The van der Waals surface area contributed by atoms with Gasteiger partial charge in [0.05, 0.1) is 18.8 Å². The maximum absolute atomic E-state index is 11.6. The first-order valence-electron chi connectivity index (χ1n) is 6.23. The van der Waals surface area contributed by atoms with Crippen molar-refractivity contribution in [2.45, 2.75) is 32.2 Å². The topological polar surface area (TPSA) is 178 Å². The average molecular weight is 400 g/mol. The summed E-state index contributed by atoms with van der Waals surface area (Å²) >= 11 is 0. The van der Waals surface area contributed by atoms with Gasteiger partial charge in [-0.3, -0.25) is 4.52 Å². The largest absolute Gasteiger partial charge is 0.490 e. The molecule has 23 heavy (non-hydrogen) atoms. The van der Waals surface area contributed by atoms with Crippen molar-refractivity contribution in [3.05, 3.63) is 0 Å². The van der Waals surface area contributed by atoms with E-state index in [1.54, 1.807) is 6.92 Å². The maximum Gasteiger partial charge on any atom is 0.490 e. The molecule has 1 heterocycles. The van der Waals surface area contributed by atoms with Gasteiger partial charge in [0.15, 0.2) is 0 Å². The second kappa shape index (κ2) is 7.70. The van der Waals surface area contributed by atoms with Gasteiger partial charge in [0, 0.05) is 13.0 Å². The molecule has 0 saturated carbocycles. The van der Waals surface area contributed by atoms with E-state index >= 15 is 0 Å². The van der Waals surface area contributed by atoms with Crippen molar-refractivity contribution in [3.63, 3.8) is 0 Å². The van der Waals surface area contributed by atoms with Crippen LogP contribution in [0.15, 0.2) is 0 Å². The molecule has 0 radical (unpaired) electrons. The van der Waals surface area contributed by atoms with Gasteiger partial charge < -0.3 is 29.0 Å². The summed E-state index contributed by atoms with van der Waals surface area (Å²) in [5.41, 5.74) is 0. The van der Waals surface area contributed by atoms with Gasteiger partial charge in [-0.15, -0.1) is 0 Å². The van der Waals surface area contributed by atoms with E-state index in [0.29, 0.717) is 0 Å². The Morgan fingerprint density at radius 3 is 2.04 bits per heavy atom. The number of methoxy groups -OCH3 is 1. The van der Waals surface area contributed by atoms with Crippen molar-refractivity contribution < 1.29 is 55.9 Å². The summed E-state index contributed by atoms with van der Waals surface area (Å²) in [5.74, 6) is -0.0328. The molecular formula is C8H19O12P3. The van der Waals surface area contributed by atoms with E-state index in [9.17, 15) is 18.6 Å². The Morgan fingerprint density at radius 2 is 1.57 bits per heavy atom. The van der Waals surface area contributed by atoms with Crippen LogP contribution in [0.1, 0.15) is 13.8 Å². The molecule has 1 rings (SSSR count). The smallest absolute Gasteiger partial charge is 0.378 e. The molecule has 0 amide bonds. The van der Waals surface area contributed by atoms with Gasteiger partial charge in [-0.05, 0) is 6.92 Å². The quantitative estimate of drug-likeness (QED) is 0.421. The minimum atomic E-state index is -5.52. The second-order valence-electron chi connectivity index (χ2n) is 4.83. The third-order valence-corrected chi connectivity index (χ3v) is 6.91. The zero-order chi connectivity index (χ0) is 18.1. The fourth-order valence-corrected chi connectivity index (χ4v) is 5.08. The van der Waals surface area contributed by atoms with Gasteiger partial charge in [0.1, 0.15) is 6.10 Å². The molecule has 1 aliphatic rings. The summed E-state index contributed by atoms with van der Waals surface area (Å²) in [4.78, 5) is 35.2. The Hall–Kier alpha value is 0.330. The Bertz CT molecular complexity index is 544. The predicted octanol–water partition coefficient (Wildman–Crippen LogP) is 0.768. The van der Waals surface area contributed by atoms with E-state index in [0.717, 1.165) is 0 Å². The van der Waals surface area contributed by atoms with Gasteiger partial charge in [0.2, 0.25) is 0 Å². The van der Waals surface area contributed by atoms with E-state index < -0.39 is 42.3 Å². The molecule has 0 bridgehead atoms. The zero-order valence-corrected chi connectivity index (χ0v) is 15.1. The van der Waals surface area contributed by atoms with Crippen LogP contribution in [0, 0.1) is 5.92 Å². The Balaban J connectivity index is 2.64. The van der Waals surface area contributed by atoms with Crippen LogP contribution in [0.5, 0.6) is 0 Å². The van der Waals surface area contributed by atoms with Crippen molar-refractivity contribution in [1.82, 2.24) is 0 Å². The molecule has 6 atom stereocenters. The van der Waals surface area contributed by atoms with Crippen molar-refractivity contribution in [1.29, 1.82) is 0 Å². The van der Waals surface area contributed by atoms with Crippen LogP contribution >= 0.6 is 23.5 Å². The van der Waals surface area contributed by atoms with Crippen LogP contribution in [0.3, 0.4) is 0 Å². The van der Waals surface area contributed by atoms with Crippen molar-refractivity contribution in [3.8, 4) is 0 Å². The Labute approximate surface area is 132 Å². The van der Waals surface area contributed by atoms with Crippen LogP contribution in [0.2, 0.25) is 0 Å². The highest BCUT2D eigenvalue weighted by Gasteiger charge is 2.44. The monoisotopic (exact) mass is 400 g/mol. The fourth-order valence-electron chi connectivity index (χ4n) is 2.05. The molecule has 0 aromatic heterocycles. The minimum Gasteiger partial charge on any atom is -0.378 e.